The van der Waals surface area contributed by atoms with E-state index in [-0.39, 0.29) is 5.75 Å². The molecule has 1 heterocycles. The highest BCUT2D eigenvalue weighted by Crippen LogP contribution is 2.40. The van der Waals surface area contributed by atoms with Gasteiger partial charge in [-0.1, -0.05) is 0 Å². The van der Waals surface area contributed by atoms with E-state index in [1.165, 1.54) is 39.2 Å². The van der Waals surface area contributed by atoms with Crippen molar-refractivity contribution in [2.24, 2.45) is 5.73 Å². The predicted molar refractivity (Wildman–Crippen MR) is 99.5 cm³/mol. The molecule has 3 N–H and O–H groups in total. The summed E-state index contributed by atoms with van der Waals surface area (Å²) >= 11 is 0. The Bertz CT molecular complexity index is 950. The van der Waals surface area contributed by atoms with Gasteiger partial charge in [-0.15, -0.1) is 5.10 Å². The van der Waals surface area contributed by atoms with E-state index in [1.807, 2.05) is 0 Å². The van der Waals surface area contributed by atoms with Gasteiger partial charge in [0.2, 0.25) is 5.75 Å². The van der Waals surface area contributed by atoms with Gasteiger partial charge in [0, 0.05) is 6.07 Å². The largest absolute Gasteiger partial charge is 0.504 e. The number of hydrogen-bond acceptors (Lipinski definition) is 9. The van der Waals surface area contributed by atoms with Crippen LogP contribution in [-0.2, 0) is 0 Å². The molecule has 1 aromatic heterocycles. The summed E-state index contributed by atoms with van der Waals surface area (Å²) in [5, 5.41) is 21.8. The Morgan fingerprint density at radius 3 is 2.11 bits per heavy atom. The SMILES string of the molecule is COc1ccc(-n2nnnc2C(N)c2cc(OC)c(OC)c(OC)c2)cc1O. The van der Waals surface area contributed by atoms with E-state index < -0.39 is 6.04 Å². The molecule has 28 heavy (non-hydrogen) atoms. The van der Waals surface area contributed by atoms with Crippen LogP contribution in [0.3, 0.4) is 0 Å². The van der Waals surface area contributed by atoms with Crippen LogP contribution in [0.1, 0.15) is 17.4 Å². The third-order valence-corrected chi connectivity index (χ3v) is 4.22. The van der Waals surface area contributed by atoms with E-state index >= 15 is 0 Å². The molecule has 0 fully saturated rings. The average Bonchev–Trinajstić information content (AvgIpc) is 3.21. The van der Waals surface area contributed by atoms with Crippen LogP contribution in [0.15, 0.2) is 30.3 Å². The molecule has 0 bridgehead atoms. The number of benzene rings is 2. The zero-order chi connectivity index (χ0) is 20.3. The maximum atomic E-state index is 10.0. The molecule has 0 spiro atoms. The number of aromatic hydroxyl groups is 1. The Kier molecular flexibility index (Phi) is 5.50. The zero-order valence-electron chi connectivity index (χ0n) is 15.9. The number of methoxy groups -OCH3 is 4. The molecule has 10 heteroatoms. The minimum Gasteiger partial charge on any atom is -0.504 e. The van der Waals surface area contributed by atoms with Crippen molar-refractivity contribution in [1.82, 2.24) is 20.2 Å². The first-order chi connectivity index (χ1) is 13.5. The number of nitrogens with two attached hydrogens (primary N) is 1. The molecule has 0 aliphatic heterocycles. The van der Waals surface area contributed by atoms with Crippen LogP contribution in [0, 0.1) is 0 Å². The number of rotatable bonds is 7. The normalized spacial score (nSPS) is 11.8. The first-order valence-corrected chi connectivity index (χ1v) is 8.25. The van der Waals surface area contributed by atoms with Crippen LogP contribution >= 0.6 is 0 Å². The third kappa shape index (κ3) is 3.37. The number of aromatic nitrogens is 4. The summed E-state index contributed by atoms with van der Waals surface area (Å²) in [5.41, 5.74) is 7.61. The predicted octanol–water partition coefficient (Wildman–Crippen LogP) is 1.45. The Morgan fingerprint density at radius 1 is 0.929 bits per heavy atom. The highest BCUT2D eigenvalue weighted by Gasteiger charge is 2.23. The fraction of sp³-hybridized carbons (Fsp3) is 0.278. The molecule has 148 valence electrons. The lowest BCUT2D eigenvalue weighted by molar-refractivity contribution is 0.323. The number of phenolic OH excluding ortho intramolecular Hbond substituents is 1. The van der Waals surface area contributed by atoms with E-state index in [0.29, 0.717) is 40.1 Å². The van der Waals surface area contributed by atoms with Crippen molar-refractivity contribution in [3.8, 4) is 34.4 Å². The van der Waals surface area contributed by atoms with E-state index in [1.54, 1.807) is 24.3 Å². The molecule has 2 aromatic carbocycles. The Morgan fingerprint density at radius 2 is 1.57 bits per heavy atom. The second-order valence-electron chi connectivity index (χ2n) is 5.74. The fourth-order valence-electron chi connectivity index (χ4n) is 2.81. The molecular formula is C18H21N5O5. The van der Waals surface area contributed by atoms with Crippen molar-refractivity contribution in [3.05, 3.63) is 41.7 Å². The summed E-state index contributed by atoms with van der Waals surface area (Å²) in [6.07, 6.45) is 0. The lowest BCUT2D eigenvalue weighted by Crippen LogP contribution is -2.18. The minimum absolute atomic E-state index is 0.0391. The molecule has 10 nitrogen and oxygen atoms in total. The molecular weight excluding hydrogens is 366 g/mol. The maximum absolute atomic E-state index is 10.0. The van der Waals surface area contributed by atoms with Gasteiger partial charge in [-0.3, -0.25) is 0 Å². The van der Waals surface area contributed by atoms with E-state index in [9.17, 15) is 5.11 Å². The van der Waals surface area contributed by atoms with Crippen molar-refractivity contribution in [3.63, 3.8) is 0 Å². The van der Waals surface area contributed by atoms with E-state index in [2.05, 4.69) is 15.5 Å². The van der Waals surface area contributed by atoms with Crippen LogP contribution in [0.2, 0.25) is 0 Å². The van der Waals surface area contributed by atoms with Gasteiger partial charge in [0.25, 0.3) is 0 Å². The molecule has 0 aliphatic carbocycles. The van der Waals surface area contributed by atoms with Crippen LogP contribution in [0.4, 0.5) is 0 Å². The second-order valence-corrected chi connectivity index (χ2v) is 5.74. The summed E-state index contributed by atoms with van der Waals surface area (Å²) in [5.74, 6) is 2.05. The van der Waals surface area contributed by atoms with Gasteiger partial charge < -0.3 is 29.8 Å². The highest BCUT2D eigenvalue weighted by molar-refractivity contribution is 5.55. The highest BCUT2D eigenvalue weighted by atomic mass is 16.5. The molecule has 0 saturated carbocycles. The van der Waals surface area contributed by atoms with Gasteiger partial charge in [-0.25, -0.2) is 0 Å². The number of ether oxygens (including phenoxy) is 4. The fourth-order valence-corrected chi connectivity index (χ4v) is 2.81. The quantitative estimate of drug-likeness (QED) is 0.619. The van der Waals surface area contributed by atoms with Gasteiger partial charge in [0.1, 0.15) is 0 Å². The van der Waals surface area contributed by atoms with Gasteiger partial charge in [0.05, 0.1) is 40.2 Å². The lowest BCUT2D eigenvalue weighted by atomic mass is 10.1. The van der Waals surface area contributed by atoms with Crippen LogP contribution in [0.25, 0.3) is 5.69 Å². The summed E-state index contributed by atoms with van der Waals surface area (Å²) in [4.78, 5) is 0. The smallest absolute Gasteiger partial charge is 0.203 e. The number of hydrogen-bond donors (Lipinski definition) is 2. The molecule has 0 aliphatic rings. The Labute approximate surface area is 161 Å². The van der Waals surface area contributed by atoms with Crippen LogP contribution in [-0.4, -0.2) is 53.8 Å². The molecule has 1 atom stereocenters. The average molecular weight is 387 g/mol. The Hall–Kier alpha value is -3.53. The van der Waals surface area contributed by atoms with E-state index in [0.717, 1.165) is 0 Å². The summed E-state index contributed by atoms with van der Waals surface area (Å²) in [6.45, 7) is 0. The standard InChI is InChI=1S/C18H21N5O5/c1-25-13-6-5-11(9-12(13)24)23-18(20-21-22-23)16(19)10-7-14(26-2)17(28-4)15(8-10)27-3/h5-9,16,24H,19H2,1-4H3. The number of nitrogens with zero attached hydrogens (tertiary/aromatic N) is 4. The first kappa shape index (κ1) is 19.2. The number of tetrazole rings is 1. The van der Waals surface area contributed by atoms with Crippen LogP contribution < -0.4 is 24.7 Å². The Balaban J connectivity index is 2.04. The molecule has 0 saturated heterocycles. The summed E-state index contributed by atoms with van der Waals surface area (Å²) in [6, 6.07) is 7.57. The van der Waals surface area contributed by atoms with Crippen molar-refractivity contribution >= 4 is 0 Å². The molecule has 1 unspecified atom stereocenters. The van der Waals surface area contributed by atoms with Crippen molar-refractivity contribution in [2.45, 2.75) is 6.04 Å². The third-order valence-electron chi connectivity index (χ3n) is 4.22. The maximum Gasteiger partial charge on any atom is 0.203 e. The molecule has 3 aromatic rings. The monoisotopic (exact) mass is 387 g/mol. The van der Waals surface area contributed by atoms with Gasteiger partial charge in [0.15, 0.2) is 28.8 Å². The van der Waals surface area contributed by atoms with E-state index in [4.69, 9.17) is 24.7 Å². The minimum atomic E-state index is -0.701. The van der Waals surface area contributed by atoms with Gasteiger partial charge in [-0.05, 0) is 40.3 Å². The van der Waals surface area contributed by atoms with Crippen LogP contribution in [0.5, 0.6) is 28.7 Å². The first-order valence-electron chi connectivity index (χ1n) is 8.25. The lowest BCUT2D eigenvalue weighted by Gasteiger charge is -2.17. The molecule has 0 amide bonds. The van der Waals surface area contributed by atoms with Crippen molar-refractivity contribution in [1.29, 1.82) is 0 Å². The van der Waals surface area contributed by atoms with Crippen molar-refractivity contribution < 1.29 is 24.1 Å². The second kappa shape index (κ2) is 8.01. The number of phenols is 1. The molecule has 0 radical (unpaired) electrons. The topological polar surface area (TPSA) is 127 Å². The summed E-state index contributed by atoms with van der Waals surface area (Å²) < 4.78 is 22.6. The van der Waals surface area contributed by atoms with Gasteiger partial charge >= 0.3 is 0 Å². The zero-order valence-corrected chi connectivity index (χ0v) is 15.9. The van der Waals surface area contributed by atoms with Crippen molar-refractivity contribution in [2.75, 3.05) is 28.4 Å². The van der Waals surface area contributed by atoms with Gasteiger partial charge in [-0.2, -0.15) is 4.68 Å². The summed E-state index contributed by atoms with van der Waals surface area (Å²) in [7, 11) is 6.04. The molecule has 3 rings (SSSR count).